The predicted molar refractivity (Wildman–Crippen MR) is 85.6 cm³/mol. The van der Waals surface area contributed by atoms with Crippen molar-refractivity contribution in [3.05, 3.63) is 95.3 Å². The molecule has 23 heavy (non-hydrogen) atoms. The van der Waals surface area contributed by atoms with Gasteiger partial charge in [0.1, 0.15) is 5.82 Å². The lowest BCUT2D eigenvalue weighted by Gasteiger charge is -2.06. The summed E-state index contributed by atoms with van der Waals surface area (Å²) in [6.07, 6.45) is 1.66. The Morgan fingerprint density at radius 3 is 1.61 bits per heavy atom. The SMILES string of the molecule is Fc1ccc(CCc2ccc(-c3ccc(F)c(F)c3)cc2)cc1. The Morgan fingerprint density at radius 2 is 1.04 bits per heavy atom. The maximum absolute atomic E-state index is 13.3. The minimum absolute atomic E-state index is 0.232. The Morgan fingerprint density at radius 1 is 0.522 bits per heavy atom. The second-order valence-electron chi connectivity index (χ2n) is 5.45. The van der Waals surface area contributed by atoms with Crippen LogP contribution < -0.4 is 0 Å². The fourth-order valence-electron chi connectivity index (χ4n) is 2.48. The van der Waals surface area contributed by atoms with Crippen molar-refractivity contribution in [2.24, 2.45) is 0 Å². The number of benzene rings is 3. The Labute approximate surface area is 133 Å². The number of hydrogen-bond acceptors (Lipinski definition) is 0. The number of aryl methyl sites for hydroxylation is 2. The molecule has 0 saturated carbocycles. The molecule has 0 N–H and O–H groups in total. The van der Waals surface area contributed by atoms with Crippen LogP contribution in [0.3, 0.4) is 0 Å². The fraction of sp³-hybridized carbons (Fsp3) is 0.100. The number of halogens is 3. The molecular weight excluding hydrogens is 297 g/mol. The van der Waals surface area contributed by atoms with Gasteiger partial charge >= 0.3 is 0 Å². The van der Waals surface area contributed by atoms with Gasteiger partial charge in [-0.3, -0.25) is 0 Å². The summed E-state index contributed by atoms with van der Waals surface area (Å²) in [7, 11) is 0. The molecule has 3 rings (SSSR count). The maximum atomic E-state index is 13.3. The van der Waals surface area contributed by atoms with Crippen LogP contribution in [0.25, 0.3) is 11.1 Å². The van der Waals surface area contributed by atoms with E-state index in [9.17, 15) is 13.2 Å². The van der Waals surface area contributed by atoms with Crippen LogP contribution in [0, 0.1) is 17.5 Å². The lowest BCUT2D eigenvalue weighted by atomic mass is 10.0. The number of rotatable bonds is 4. The van der Waals surface area contributed by atoms with E-state index in [0.29, 0.717) is 5.56 Å². The molecular formula is C20H15F3. The first-order valence-electron chi connectivity index (χ1n) is 7.40. The Bertz CT molecular complexity index is 790. The highest BCUT2D eigenvalue weighted by atomic mass is 19.2. The monoisotopic (exact) mass is 312 g/mol. The lowest BCUT2D eigenvalue weighted by molar-refractivity contribution is 0.509. The van der Waals surface area contributed by atoms with Crippen molar-refractivity contribution in [1.82, 2.24) is 0 Å². The van der Waals surface area contributed by atoms with E-state index in [0.717, 1.165) is 35.6 Å². The van der Waals surface area contributed by atoms with Gasteiger partial charge in [0.2, 0.25) is 0 Å². The third kappa shape index (κ3) is 3.81. The first-order chi connectivity index (χ1) is 11.1. The van der Waals surface area contributed by atoms with Crippen molar-refractivity contribution in [2.45, 2.75) is 12.8 Å². The van der Waals surface area contributed by atoms with Crippen LogP contribution >= 0.6 is 0 Å². The summed E-state index contributed by atoms with van der Waals surface area (Å²) in [5, 5.41) is 0. The summed E-state index contributed by atoms with van der Waals surface area (Å²) >= 11 is 0. The van der Waals surface area contributed by atoms with E-state index in [4.69, 9.17) is 0 Å². The first kappa shape index (κ1) is 15.3. The van der Waals surface area contributed by atoms with Gasteiger partial charge in [0, 0.05) is 0 Å². The van der Waals surface area contributed by atoms with Gasteiger partial charge in [0.05, 0.1) is 0 Å². The highest BCUT2D eigenvalue weighted by molar-refractivity contribution is 5.63. The van der Waals surface area contributed by atoms with Crippen molar-refractivity contribution in [1.29, 1.82) is 0 Å². The summed E-state index contributed by atoms with van der Waals surface area (Å²) in [4.78, 5) is 0. The first-order valence-corrected chi connectivity index (χ1v) is 7.40. The largest absolute Gasteiger partial charge is 0.207 e. The van der Waals surface area contributed by atoms with Gasteiger partial charge < -0.3 is 0 Å². The summed E-state index contributed by atoms with van der Waals surface area (Å²) in [6, 6.07) is 18.1. The van der Waals surface area contributed by atoms with Gasteiger partial charge in [-0.25, -0.2) is 13.2 Å². The van der Waals surface area contributed by atoms with Gasteiger partial charge in [0.15, 0.2) is 11.6 Å². The quantitative estimate of drug-likeness (QED) is 0.592. The zero-order valence-electron chi connectivity index (χ0n) is 12.4. The average molecular weight is 312 g/mol. The van der Waals surface area contributed by atoms with Gasteiger partial charge in [-0.2, -0.15) is 0 Å². The van der Waals surface area contributed by atoms with E-state index in [1.165, 1.54) is 18.2 Å². The fourth-order valence-corrected chi connectivity index (χ4v) is 2.48. The molecule has 3 heteroatoms. The molecule has 0 bridgehead atoms. The molecule has 0 aliphatic rings. The third-order valence-corrected chi connectivity index (χ3v) is 3.82. The third-order valence-electron chi connectivity index (χ3n) is 3.82. The van der Waals surface area contributed by atoms with Crippen LogP contribution in [0.1, 0.15) is 11.1 Å². The molecule has 0 aromatic heterocycles. The van der Waals surface area contributed by atoms with Crippen molar-refractivity contribution >= 4 is 0 Å². The smallest absolute Gasteiger partial charge is 0.159 e. The molecule has 3 aromatic rings. The van der Waals surface area contributed by atoms with E-state index in [-0.39, 0.29) is 5.82 Å². The molecule has 0 radical (unpaired) electrons. The highest BCUT2D eigenvalue weighted by Gasteiger charge is 2.05. The molecule has 0 amide bonds. The van der Waals surface area contributed by atoms with Crippen molar-refractivity contribution in [3.63, 3.8) is 0 Å². The van der Waals surface area contributed by atoms with Gasteiger partial charge in [-0.05, 0) is 59.4 Å². The molecule has 0 spiro atoms. The summed E-state index contributed by atoms with van der Waals surface area (Å²) in [5.74, 6) is -1.92. The lowest BCUT2D eigenvalue weighted by Crippen LogP contribution is -1.92. The normalized spacial score (nSPS) is 10.7. The zero-order valence-corrected chi connectivity index (χ0v) is 12.4. The molecule has 0 aliphatic heterocycles. The summed E-state index contributed by atoms with van der Waals surface area (Å²) in [5.41, 5.74) is 3.71. The van der Waals surface area contributed by atoms with Crippen LogP contribution in [0.2, 0.25) is 0 Å². The molecule has 0 aliphatic carbocycles. The minimum Gasteiger partial charge on any atom is -0.207 e. The predicted octanol–water partition coefficient (Wildman–Crippen LogP) is 5.56. The molecule has 0 atom stereocenters. The minimum atomic E-state index is -0.845. The standard InChI is InChI=1S/C20H15F3/c21-18-10-5-15(6-11-18)2-1-14-3-7-16(8-4-14)17-9-12-19(22)20(23)13-17/h3-13H,1-2H2. The van der Waals surface area contributed by atoms with E-state index in [1.807, 2.05) is 24.3 Å². The van der Waals surface area contributed by atoms with Crippen molar-refractivity contribution in [2.75, 3.05) is 0 Å². The molecule has 0 heterocycles. The van der Waals surface area contributed by atoms with E-state index in [2.05, 4.69) is 0 Å². The van der Waals surface area contributed by atoms with Crippen LogP contribution in [0.5, 0.6) is 0 Å². The van der Waals surface area contributed by atoms with E-state index in [1.54, 1.807) is 18.2 Å². The van der Waals surface area contributed by atoms with Crippen molar-refractivity contribution < 1.29 is 13.2 Å². The second kappa shape index (κ2) is 6.69. The van der Waals surface area contributed by atoms with Gasteiger partial charge in [0.25, 0.3) is 0 Å². The zero-order chi connectivity index (χ0) is 16.2. The topological polar surface area (TPSA) is 0 Å². The molecule has 0 saturated heterocycles. The summed E-state index contributed by atoms with van der Waals surface area (Å²) < 4.78 is 39.1. The average Bonchev–Trinajstić information content (AvgIpc) is 2.57. The molecule has 0 nitrogen and oxygen atoms in total. The Balaban J connectivity index is 1.69. The van der Waals surface area contributed by atoms with E-state index >= 15 is 0 Å². The molecule has 3 aromatic carbocycles. The second-order valence-corrected chi connectivity index (χ2v) is 5.45. The molecule has 116 valence electrons. The van der Waals surface area contributed by atoms with Gasteiger partial charge in [-0.1, -0.05) is 42.5 Å². The summed E-state index contributed by atoms with van der Waals surface area (Å²) in [6.45, 7) is 0. The maximum Gasteiger partial charge on any atom is 0.159 e. The molecule has 0 unspecified atom stereocenters. The van der Waals surface area contributed by atoms with Crippen molar-refractivity contribution in [3.8, 4) is 11.1 Å². The van der Waals surface area contributed by atoms with Crippen LogP contribution in [-0.2, 0) is 12.8 Å². The highest BCUT2D eigenvalue weighted by Crippen LogP contribution is 2.22. The van der Waals surface area contributed by atoms with Crippen LogP contribution in [0.15, 0.2) is 66.7 Å². The van der Waals surface area contributed by atoms with Crippen LogP contribution in [-0.4, -0.2) is 0 Å². The molecule has 0 fully saturated rings. The Hall–Kier alpha value is -2.55. The van der Waals surface area contributed by atoms with Gasteiger partial charge in [-0.15, -0.1) is 0 Å². The number of hydrogen-bond donors (Lipinski definition) is 0. The Kier molecular flexibility index (Phi) is 4.47. The van der Waals surface area contributed by atoms with Crippen LogP contribution in [0.4, 0.5) is 13.2 Å². The van der Waals surface area contributed by atoms with E-state index < -0.39 is 11.6 Å².